The first-order chi connectivity index (χ1) is 18.3. The predicted octanol–water partition coefficient (Wildman–Crippen LogP) is 5.44. The lowest BCUT2D eigenvalue weighted by atomic mass is 9.94. The molecular weight excluding hydrogens is 481 g/mol. The number of aliphatic hydroxyl groups is 1. The first-order valence-corrected chi connectivity index (χ1v) is 14.0. The number of amides is 1. The molecule has 2 saturated heterocycles. The molecule has 7 heteroatoms. The maximum absolute atomic E-state index is 14.8. The van der Waals surface area contributed by atoms with E-state index in [1.807, 2.05) is 38.1 Å². The van der Waals surface area contributed by atoms with Crippen LogP contribution in [0.4, 0.5) is 4.39 Å². The summed E-state index contributed by atoms with van der Waals surface area (Å²) in [6, 6.07) is 15.1. The predicted molar refractivity (Wildman–Crippen MR) is 147 cm³/mol. The van der Waals surface area contributed by atoms with E-state index in [2.05, 4.69) is 11.0 Å². The standard InChI is InChI=1S/C31H40FN3O3/c1-3-31(32,4-2)22-34-16-13-23(14-17-34)21-38-28-11-12-29(26(18-28)19-33)24-7-9-25(10-8-24)30(37)35-15-5-6-27(36)20-35/h7-12,18,23,27,36H,3-6,13-17,20-22H2,1-2H3/t27-/m1/s1. The molecule has 1 amide bonds. The van der Waals surface area contributed by atoms with Crippen LogP contribution in [-0.4, -0.2) is 71.9 Å². The van der Waals surface area contributed by atoms with Crippen molar-refractivity contribution in [3.05, 3.63) is 53.6 Å². The van der Waals surface area contributed by atoms with Crippen molar-refractivity contribution >= 4 is 5.91 Å². The smallest absolute Gasteiger partial charge is 0.253 e. The van der Waals surface area contributed by atoms with Gasteiger partial charge in [-0.1, -0.05) is 26.0 Å². The summed E-state index contributed by atoms with van der Waals surface area (Å²) in [7, 11) is 0. The molecule has 2 aliphatic rings. The van der Waals surface area contributed by atoms with Crippen molar-refractivity contribution in [2.45, 2.75) is 64.1 Å². The molecule has 0 unspecified atom stereocenters. The molecule has 0 saturated carbocycles. The third-order valence-corrected chi connectivity index (χ3v) is 8.21. The average Bonchev–Trinajstić information content (AvgIpc) is 2.96. The second-order valence-corrected chi connectivity index (χ2v) is 10.8. The second kappa shape index (κ2) is 12.7. The van der Waals surface area contributed by atoms with Crippen molar-refractivity contribution in [3.8, 4) is 22.9 Å². The Labute approximate surface area is 226 Å². The number of halogens is 1. The number of ether oxygens (including phenoxy) is 1. The van der Waals surface area contributed by atoms with E-state index >= 15 is 0 Å². The third kappa shape index (κ3) is 6.92. The molecular formula is C31H40FN3O3. The van der Waals surface area contributed by atoms with Crippen LogP contribution in [0.1, 0.15) is 68.3 Å². The van der Waals surface area contributed by atoms with E-state index in [9.17, 15) is 19.6 Å². The van der Waals surface area contributed by atoms with Gasteiger partial charge in [0, 0.05) is 25.2 Å². The van der Waals surface area contributed by atoms with Crippen molar-refractivity contribution in [2.75, 3.05) is 39.3 Å². The highest BCUT2D eigenvalue weighted by Crippen LogP contribution is 2.29. The first kappa shape index (κ1) is 28.1. The van der Waals surface area contributed by atoms with E-state index in [-0.39, 0.29) is 5.91 Å². The van der Waals surface area contributed by atoms with Crippen LogP contribution in [0.25, 0.3) is 11.1 Å². The minimum Gasteiger partial charge on any atom is -0.493 e. The van der Waals surface area contributed by atoms with E-state index < -0.39 is 11.8 Å². The molecule has 0 radical (unpaired) electrons. The van der Waals surface area contributed by atoms with Crippen LogP contribution >= 0.6 is 0 Å². The lowest BCUT2D eigenvalue weighted by Gasteiger charge is -2.36. The molecule has 1 atom stereocenters. The number of nitriles is 1. The largest absolute Gasteiger partial charge is 0.493 e. The fraction of sp³-hybridized carbons (Fsp3) is 0.548. The quantitative estimate of drug-likeness (QED) is 0.475. The number of piperidine rings is 2. The van der Waals surface area contributed by atoms with Crippen molar-refractivity contribution in [3.63, 3.8) is 0 Å². The highest BCUT2D eigenvalue weighted by Gasteiger charge is 2.30. The number of carbonyl (C=O) groups excluding carboxylic acids is 1. The average molecular weight is 522 g/mol. The number of benzene rings is 2. The molecule has 2 aliphatic heterocycles. The second-order valence-electron chi connectivity index (χ2n) is 10.8. The van der Waals surface area contributed by atoms with Gasteiger partial charge in [0.25, 0.3) is 5.91 Å². The normalized spacial score (nSPS) is 19.2. The molecule has 6 nitrogen and oxygen atoms in total. The molecule has 2 heterocycles. The lowest BCUT2D eigenvalue weighted by Crippen LogP contribution is -2.44. The molecule has 38 heavy (non-hydrogen) atoms. The monoisotopic (exact) mass is 521 g/mol. The molecule has 2 aromatic rings. The van der Waals surface area contributed by atoms with E-state index in [1.165, 1.54) is 0 Å². The number of aliphatic hydroxyl groups excluding tert-OH is 1. The Hall–Kier alpha value is -2.95. The summed E-state index contributed by atoms with van der Waals surface area (Å²) < 4.78 is 20.8. The Kier molecular flexibility index (Phi) is 9.40. The van der Waals surface area contributed by atoms with Gasteiger partial charge in [0.15, 0.2) is 0 Å². The van der Waals surface area contributed by atoms with Gasteiger partial charge < -0.3 is 19.6 Å². The molecule has 0 spiro atoms. The molecule has 204 valence electrons. The molecule has 2 fully saturated rings. The van der Waals surface area contributed by atoms with E-state index in [0.29, 0.717) is 61.9 Å². The Balaban J connectivity index is 1.33. The van der Waals surface area contributed by atoms with Gasteiger partial charge in [-0.05, 0) is 99.0 Å². The highest BCUT2D eigenvalue weighted by molar-refractivity contribution is 5.95. The molecule has 0 aliphatic carbocycles. The summed E-state index contributed by atoms with van der Waals surface area (Å²) in [5, 5.41) is 19.7. The molecule has 0 aromatic heterocycles. The summed E-state index contributed by atoms with van der Waals surface area (Å²) >= 11 is 0. The number of alkyl halides is 1. The number of rotatable bonds is 9. The zero-order valence-electron chi connectivity index (χ0n) is 22.7. The third-order valence-electron chi connectivity index (χ3n) is 8.21. The zero-order chi connectivity index (χ0) is 27.1. The van der Waals surface area contributed by atoms with Crippen molar-refractivity contribution < 1.29 is 19.0 Å². The van der Waals surface area contributed by atoms with Crippen molar-refractivity contribution in [1.29, 1.82) is 5.26 Å². The number of hydrogen-bond acceptors (Lipinski definition) is 5. The van der Waals surface area contributed by atoms with Crippen LogP contribution in [0, 0.1) is 17.2 Å². The van der Waals surface area contributed by atoms with Crippen LogP contribution in [0.15, 0.2) is 42.5 Å². The van der Waals surface area contributed by atoms with Crippen LogP contribution < -0.4 is 4.74 Å². The number of β-amino-alcohol motifs (C(OH)–C–C–N with tert-alkyl or cyclic N) is 1. The van der Waals surface area contributed by atoms with Gasteiger partial charge in [-0.25, -0.2) is 4.39 Å². The van der Waals surface area contributed by atoms with E-state index in [1.54, 1.807) is 23.1 Å². The van der Waals surface area contributed by atoms with Gasteiger partial charge in [0.2, 0.25) is 0 Å². The summed E-state index contributed by atoms with van der Waals surface area (Å²) in [5.74, 6) is 1.01. The molecule has 2 aromatic carbocycles. The topological polar surface area (TPSA) is 76.8 Å². The Morgan fingerprint density at radius 2 is 1.82 bits per heavy atom. The van der Waals surface area contributed by atoms with Gasteiger partial charge in [0.05, 0.1) is 24.3 Å². The molecule has 1 N–H and O–H groups in total. The number of nitrogens with zero attached hydrogens (tertiary/aromatic N) is 3. The Morgan fingerprint density at radius 1 is 1.11 bits per heavy atom. The molecule has 0 bridgehead atoms. The zero-order valence-corrected chi connectivity index (χ0v) is 22.7. The van der Waals surface area contributed by atoms with Crippen molar-refractivity contribution in [2.24, 2.45) is 5.92 Å². The number of likely N-dealkylation sites (tertiary alicyclic amines) is 2. The van der Waals surface area contributed by atoms with E-state index in [4.69, 9.17) is 4.74 Å². The summed E-state index contributed by atoms with van der Waals surface area (Å²) in [5.41, 5.74) is 1.66. The number of carbonyl (C=O) groups is 1. The Morgan fingerprint density at radius 3 is 2.45 bits per heavy atom. The Bertz CT molecular complexity index is 1120. The first-order valence-electron chi connectivity index (χ1n) is 14.0. The minimum absolute atomic E-state index is 0.0786. The summed E-state index contributed by atoms with van der Waals surface area (Å²) in [6.45, 7) is 7.74. The number of hydrogen-bond donors (Lipinski definition) is 1. The van der Waals surface area contributed by atoms with Gasteiger partial charge >= 0.3 is 0 Å². The van der Waals surface area contributed by atoms with Crippen LogP contribution in [-0.2, 0) is 0 Å². The van der Waals surface area contributed by atoms with Gasteiger partial charge in [-0.3, -0.25) is 4.79 Å². The fourth-order valence-corrected chi connectivity index (χ4v) is 5.47. The van der Waals surface area contributed by atoms with Crippen LogP contribution in [0.3, 0.4) is 0 Å². The van der Waals surface area contributed by atoms with E-state index in [0.717, 1.165) is 49.9 Å². The lowest BCUT2D eigenvalue weighted by molar-refractivity contribution is 0.0474. The summed E-state index contributed by atoms with van der Waals surface area (Å²) in [6.07, 6.45) is 4.15. The fourth-order valence-electron chi connectivity index (χ4n) is 5.47. The highest BCUT2D eigenvalue weighted by atomic mass is 19.1. The van der Waals surface area contributed by atoms with Gasteiger partial charge in [0.1, 0.15) is 11.4 Å². The van der Waals surface area contributed by atoms with Crippen LogP contribution in [0.5, 0.6) is 5.75 Å². The van der Waals surface area contributed by atoms with Crippen LogP contribution in [0.2, 0.25) is 0 Å². The maximum atomic E-state index is 14.8. The summed E-state index contributed by atoms with van der Waals surface area (Å²) in [4.78, 5) is 16.7. The van der Waals surface area contributed by atoms with Gasteiger partial charge in [-0.15, -0.1) is 0 Å². The maximum Gasteiger partial charge on any atom is 0.253 e. The van der Waals surface area contributed by atoms with Crippen molar-refractivity contribution in [1.82, 2.24) is 9.80 Å². The molecule has 4 rings (SSSR count). The van der Waals surface area contributed by atoms with Gasteiger partial charge in [-0.2, -0.15) is 5.26 Å². The SMILES string of the molecule is CCC(F)(CC)CN1CCC(COc2ccc(-c3ccc(C(=O)N4CCC[C@@H](O)C4)cc3)c(C#N)c2)CC1. The minimum atomic E-state index is -1.09.